The van der Waals surface area contributed by atoms with Gasteiger partial charge in [-0.05, 0) is 43.0 Å². The zero-order chi connectivity index (χ0) is 21.3. The molecule has 1 aliphatic heterocycles. The second-order valence-corrected chi connectivity index (χ2v) is 8.88. The van der Waals surface area contributed by atoms with Crippen LogP contribution in [-0.2, 0) is 16.1 Å². The van der Waals surface area contributed by atoms with Crippen molar-refractivity contribution in [3.8, 4) is 0 Å². The second-order valence-electron chi connectivity index (χ2n) is 8.88. The van der Waals surface area contributed by atoms with E-state index < -0.39 is 0 Å². The van der Waals surface area contributed by atoms with Gasteiger partial charge >= 0.3 is 0 Å². The molecular weight excluding hydrogens is 376 g/mol. The first-order valence-electron chi connectivity index (χ1n) is 10.4. The van der Waals surface area contributed by atoms with E-state index in [0.29, 0.717) is 13.0 Å². The lowest BCUT2D eigenvalue weighted by atomic mass is 9.74. The van der Waals surface area contributed by atoms with E-state index in [1.165, 1.54) is 0 Å². The number of nitrogens with one attached hydrogen (secondary N) is 2. The topological polar surface area (TPSA) is 74.3 Å². The highest BCUT2D eigenvalue weighted by Gasteiger charge is 2.39. The highest BCUT2D eigenvalue weighted by Crippen LogP contribution is 2.43. The van der Waals surface area contributed by atoms with Crippen LogP contribution >= 0.6 is 0 Å². The molecule has 1 amide bonds. The van der Waals surface area contributed by atoms with Gasteiger partial charge in [-0.15, -0.1) is 0 Å². The minimum atomic E-state index is -0.194. The van der Waals surface area contributed by atoms with Crippen molar-refractivity contribution < 1.29 is 9.59 Å². The largest absolute Gasteiger partial charge is 0.357 e. The van der Waals surface area contributed by atoms with Crippen LogP contribution in [0.2, 0.25) is 0 Å². The predicted molar refractivity (Wildman–Crippen MR) is 118 cm³/mol. The van der Waals surface area contributed by atoms with Crippen molar-refractivity contribution in [3.63, 3.8) is 0 Å². The zero-order valence-corrected chi connectivity index (χ0v) is 17.7. The van der Waals surface area contributed by atoms with E-state index in [9.17, 15) is 9.59 Å². The van der Waals surface area contributed by atoms with Gasteiger partial charge in [-0.1, -0.05) is 32.0 Å². The van der Waals surface area contributed by atoms with Crippen molar-refractivity contribution in [2.75, 3.05) is 16.8 Å². The SMILES string of the molecule is C[C@H]1C2=C(CC(C)(C)CC2=O)Nc2ccccc2N1CC(=O)NCc1ccccn1. The Hall–Kier alpha value is -3.15. The highest BCUT2D eigenvalue weighted by molar-refractivity contribution is 6.01. The third-order valence-electron chi connectivity index (χ3n) is 5.81. The molecule has 1 aliphatic carbocycles. The average molecular weight is 405 g/mol. The third kappa shape index (κ3) is 4.08. The van der Waals surface area contributed by atoms with E-state index in [1.807, 2.05) is 54.3 Å². The van der Waals surface area contributed by atoms with Crippen molar-refractivity contribution in [2.45, 2.75) is 46.2 Å². The first kappa shape index (κ1) is 20.1. The molecule has 2 aromatic rings. The molecule has 156 valence electrons. The van der Waals surface area contributed by atoms with Gasteiger partial charge in [0.25, 0.3) is 0 Å². The molecule has 30 heavy (non-hydrogen) atoms. The van der Waals surface area contributed by atoms with Crippen LogP contribution in [0.25, 0.3) is 0 Å². The van der Waals surface area contributed by atoms with Crippen LogP contribution < -0.4 is 15.5 Å². The fourth-order valence-electron chi connectivity index (χ4n) is 4.41. The predicted octanol–water partition coefficient (Wildman–Crippen LogP) is 3.66. The summed E-state index contributed by atoms with van der Waals surface area (Å²) in [5.74, 6) is 0.0582. The number of hydrogen-bond donors (Lipinski definition) is 2. The lowest BCUT2D eigenvalue weighted by molar-refractivity contribution is -0.120. The van der Waals surface area contributed by atoms with Crippen LogP contribution in [-0.4, -0.2) is 29.3 Å². The number of aromatic nitrogens is 1. The van der Waals surface area contributed by atoms with Crippen LogP contribution in [0.5, 0.6) is 0 Å². The monoisotopic (exact) mass is 404 g/mol. The number of nitrogens with zero attached hydrogens (tertiary/aromatic N) is 2. The minimum Gasteiger partial charge on any atom is -0.357 e. The summed E-state index contributed by atoms with van der Waals surface area (Å²) in [6.07, 6.45) is 3.05. The number of carbonyl (C=O) groups excluding carboxylic acids is 2. The quantitative estimate of drug-likeness (QED) is 0.814. The lowest BCUT2D eigenvalue weighted by Gasteiger charge is -2.36. The average Bonchev–Trinajstić information content (AvgIpc) is 2.81. The molecule has 0 fully saturated rings. The fourth-order valence-corrected chi connectivity index (χ4v) is 4.41. The molecule has 1 aromatic carbocycles. The Morgan fingerprint density at radius 3 is 2.73 bits per heavy atom. The molecule has 2 heterocycles. The summed E-state index contributed by atoms with van der Waals surface area (Å²) in [5, 5.41) is 6.46. The Morgan fingerprint density at radius 2 is 1.97 bits per heavy atom. The van der Waals surface area contributed by atoms with E-state index >= 15 is 0 Å². The van der Waals surface area contributed by atoms with Gasteiger partial charge in [0.15, 0.2) is 5.78 Å². The van der Waals surface area contributed by atoms with Gasteiger partial charge in [-0.25, -0.2) is 0 Å². The first-order valence-corrected chi connectivity index (χ1v) is 10.4. The Morgan fingerprint density at radius 1 is 1.20 bits per heavy atom. The number of rotatable bonds is 4. The molecule has 4 rings (SSSR count). The number of benzene rings is 1. The molecular formula is C24H28N4O2. The van der Waals surface area contributed by atoms with Gasteiger partial charge in [-0.3, -0.25) is 14.6 Å². The van der Waals surface area contributed by atoms with E-state index in [2.05, 4.69) is 29.5 Å². The number of hydrogen-bond acceptors (Lipinski definition) is 5. The molecule has 6 heteroatoms. The van der Waals surface area contributed by atoms with Crippen LogP contribution in [0.15, 0.2) is 59.9 Å². The molecule has 1 aromatic heterocycles. The van der Waals surface area contributed by atoms with Gasteiger partial charge < -0.3 is 15.5 Å². The maximum Gasteiger partial charge on any atom is 0.239 e. The summed E-state index contributed by atoms with van der Waals surface area (Å²) in [6.45, 7) is 6.81. The van der Waals surface area contributed by atoms with Crippen LogP contribution in [0.4, 0.5) is 11.4 Å². The molecule has 0 saturated carbocycles. The van der Waals surface area contributed by atoms with Gasteiger partial charge in [0, 0.05) is 23.9 Å². The number of fused-ring (bicyclic) bond motifs is 1. The number of carbonyl (C=O) groups is 2. The third-order valence-corrected chi connectivity index (χ3v) is 5.81. The number of allylic oxidation sites excluding steroid dienone is 1. The molecule has 2 aliphatic rings. The lowest BCUT2D eigenvalue weighted by Crippen LogP contribution is -2.44. The van der Waals surface area contributed by atoms with E-state index in [-0.39, 0.29) is 29.7 Å². The Bertz CT molecular complexity index is 997. The first-order chi connectivity index (χ1) is 14.3. The summed E-state index contributed by atoms with van der Waals surface area (Å²) < 4.78 is 0. The number of Topliss-reactive ketones (excluding diaryl/α,β-unsaturated/α-hetero) is 1. The normalized spacial score (nSPS) is 20.0. The fraction of sp³-hybridized carbons (Fsp3) is 0.375. The molecule has 0 spiro atoms. The van der Waals surface area contributed by atoms with Crippen LogP contribution in [0.1, 0.15) is 39.3 Å². The summed E-state index contributed by atoms with van der Waals surface area (Å²) in [6, 6.07) is 13.4. The standard InChI is InChI=1S/C24H28N4O2/c1-16-23-19(12-24(2,3)13-21(23)29)27-18-9-4-5-10-20(18)28(16)15-22(30)26-14-17-8-6-7-11-25-17/h4-11,16,27H,12-15H2,1-3H3,(H,26,30)/t16-/m0/s1. The summed E-state index contributed by atoms with van der Waals surface area (Å²) in [5.41, 5.74) is 4.37. The van der Waals surface area contributed by atoms with Crippen molar-refractivity contribution in [3.05, 3.63) is 65.6 Å². The molecule has 0 saturated heterocycles. The smallest absolute Gasteiger partial charge is 0.239 e. The highest BCUT2D eigenvalue weighted by atomic mass is 16.2. The summed E-state index contributed by atoms with van der Waals surface area (Å²) in [7, 11) is 0. The van der Waals surface area contributed by atoms with Crippen molar-refractivity contribution in [1.82, 2.24) is 10.3 Å². The van der Waals surface area contributed by atoms with Crippen molar-refractivity contribution >= 4 is 23.1 Å². The molecule has 0 bridgehead atoms. The Kier molecular flexibility index (Phi) is 5.33. The van der Waals surface area contributed by atoms with Crippen LogP contribution in [0, 0.1) is 5.41 Å². The van der Waals surface area contributed by atoms with Gasteiger partial charge in [0.1, 0.15) is 0 Å². The number of anilines is 2. The summed E-state index contributed by atoms with van der Waals surface area (Å²) >= 11 is 0. The maximum absolute atomic E-state index is 13.1. The second kappa shape index (κ2) is 7.94. The molecule has 6 nitrogen and oxygen atoms in total. The zero-order valence-electron chi connectivity index (χ0n) is 17.7. The minimum absolute atomic E-state index is 0.0766. The molecule has 0 unspecified atom stereocenters. The van der Waals surface area contributed by atoms with Gasteiger partial charge in [0.05, 0.1) is 36.2 Å². The Labute approximate surface area is 177 Å². The molecule has 0 radical (unpaired) electrons. The maximum atomic E-state index is 13.1. The van der Waals surface area contributed by atoms with E-state index in [0.717, 1.165) is 34.8 Å². The number of ketones is 1. The molecule has 1 atom stereocenters. The number of para-hydroxylation sites is 2. The van der Waals surface area contributed by atoms with E-state index in [1.54, 1.807) is 6.20 Å². The van der Waals surface area contributed by atoms with Crippen molar-refractivity contribution in [2.24, 2.45) is 5.41 Å². The van der Waals surface area contributed by atoms with Crippen molar-refractivity contribution in [1.29, 1.82) is 0 Å². The van der Waals surface area contributed by atoms with Gasteiger partial charge in [0.2, 0.25) is 5.91 Å². The van der Waals surface area contributed by atoms with E-state index in [4.69, 9.17) is 0 Å². The summed E-state index contributed by atoms with van der Waals surface area (Å²) in [4.78, 5) is 32.1. The van der Waals surface area contributed by atoms with Crippen LogP contribution in [0.3, 0.4) is 0 Å². The molecule has 2 N–H and O–H groups in total. The van der Waals surface area contributed by atoms with Gasteiger partial charge in [-0.2, -0.15) is 0 Å². The Balaban J connectivity index is 1.61. The number of amides is 1. The number of pyridine rings is 1.